The highest BCUT2D eigenvalue weighted by Gasteiger charge is 2.21. The van der Waals surface area contributed by atoms with Crippen molar-refractivity contribution < 1.29 is 13.9 Å². The van der Waals surface area contributed by atoms with Crippen molar-refractivity contribution in [3.05, 3.63) is 65.7 Å². The van der Waals surface area contributed by atoms with E-state index in [2.05, 4.69) is 0 Å². The highest BCUT2D eigenvalue weighted by Crippen LogP contribution is 2.26. The van der Waals surface area contributed by atoms with Crippen LogP contribution in [0.2, 0.25) is 0 Å². The Hall–Kier alpha value is -1.94. The highest BCUT2D eigenvalue weighted by atomic mass is 19.1. The second kappa shape index (κ2) is 6.68. The van der Waals surface area contributed by atoms with Crippen LogP contribution in [0.1, 0.15) is 18.6 Å². The topological polar surface area (TPSA) is 23.5 Å². The molecule has 4 heteroatoms. The van der Waals surface area contributed by atoms with Crippen molar-refractivity contribution in [2.24, 2.45) is 5.92 Å². The third-order valence-electron chi connectivity index (χ3n) is 3.59. The number of aliphatic hydroxyl groups is 1. The van der Waals surface area contributed by atoms with E-state index in [-0.39, 0.29) is 17.3 Å². The Bertz CT molecular complexity index is 603. The number of halogens is 2. The van der Waals surface area contributed by atoms with E-state index in [1.165, 1.54) is 12.1 Å². The summed E-state index contributed by atoms with van der Waals surface area (Å²) in [6, 6.07) is 12.6. The Morgan fingerprint density at radius 3 is 2.19 bits per heavy atom. The van der Waals surface area contributed by atoms with Gasteiger partial charge in [-0.2, -0.15) is 0 Å². The van der Waals surface area contributed by atoms with E-state index in [4.69, 9.17) is 0 Å². The first kappa shape index (κ1) is 15.4. The van der Waals surface area contributed by atoms with Gasteiger partial charge >= 0.3 is 0 Å². The van der Waals surface area contributed by atoms with E-state index in [1.54, 1.807) is 48.3 Å². The lowest BCUT2D eigenvalue weighted by molar-refractivity contribution is 0.117. The number of rotatable bonds is 5. The van der Waals surface area contributed by atoms with Crippen LogP contribution in [0.3, 0.4) is 0 Å². The Morgan fingerprint density at radius 2 is 1.57 bits per heavy atom. The number of aliphatic hydroxyl groups excluding tert-OH is 1. The summed E-state index contributed by atoms with van der Waals surface area (Å²) >= 11 is 0. The van der Waals surface area contributed by atoms with E-state index in [9.17, 15) is 13.9 Å². The SMILES string of the molecule is CC(CN(C)c1ccccc1F)C(O)c1ccccc1F. The summed E-state index contributed by atoms with van der Waals surface area (Å²) < 4.78 is 27.4. The first-order valence-corrected chi connectivity index (χ1v) is 6.89. The quantitative estimate of drug-likeness (QED) is 0.906. The van der Waals surface area contributed by atoms with E-state index < -0.39 is 11.9 Å². The lowest BCUT2D eigenvalue weighted by atomic mass is 9.96. The van der Waals surface area contributed by atoms with Gasteiger partial charge in [-0.05, 0) is 18.2 Å². The van der Waals surface area contributed by atoms with Crippen molar-refractivity contribution in [1.29, 1.82) is 0 Å². The molecule has 0 fully saturated rings. The molecule has 2 unspecified atom stereocenters. The lowest BCUT2D eigenvalue weighted by Gasteiger charge is -2.27. The molecule has 0 amide bonds. The van der Waals surface area contributed by atoms with Crippen LogP contribution >= 0.6 is 0 Å². The standard InChI is InChI=1S/C17H19F2NO/c1-12(17(21)13-7-3-4-8-14(13)18)11-20(2)16-10-6-5-9-15(16)19/h3-10,12,17,21H,11H2,1-2H3. The molecule has 2 aromatic rings. The zero-order valence-corrected chi connectivity index (χ0v) is 12.1. The molecule has 2 nitrogen and oxygen atoms in total. The predicted molar refractivity (Wildman–Crippen MR) is 80.2 cm³/mol. The van der Waals surface area contributed by atoms with Crippen LogP contribution in [0.4, 0.5) is 14.5 Å². The molecule has 0 bridgehead atoms. The van der Waals surface area contributed by atoms with Gasteiger partial charge in [0.2, 0.25) is 0 Å². The molecule has 2 atom stereocenters. The highest BCUT2D eigenvalue weighted by molar-refractivity contribution is 5.46. The van der Waals surface area contributed by atoms with Gasteiger partial charge in [-0.25, -0.2) is 8.78 Å². The maximum atomic E-state index is 13.7. The zero-order chi connectivity index (χ0) is 15.4. The third-order valence-corrected chi connectivity index (χ3v) is 3.59. The summed E-state index contributed by atoms with van der Waals surface area (Å²) in [5.74, 6) is -0.982. The van der Waals surface area contributed by atoms with Crippen LogP contribution in [0.25, 0.3) is 0 Å². The molecule has 0 heterocycles. The van der Waals surface area contributed by atoms with Crippen molar-refractivity contribution in [3.8, 4) is 0 Å². The van der Waals surface area contributed by atoms with E-state index in [0.29, 0.717) is 12.2 Å². The average Bonchev–Trinajstić information content (AvgIpc) is 2.47. The minimum Gasteiger partial charge on any atom is -0.388 e. The maximum absolute atomic E-state index is 13.7. The Morgan fingerprint density at radius 1 is 1.00 bits per heavy atom. The minimum absolute atomic E-state index is 0.244. The summed E-state index contributed by atoms with van der Waals surface area (Å²) in [7, 11) is 1.75. The van der Waals surface area contributed by atoms with Gasteiger partial charge in [0.05, 0.1) is 11.8 Å². The molecule has 0 aliphatic rings. The Balaban J connectivity index is 2.09. The summed E-state index contributed by atoms with van der Waals surface area (Å²) in [5, 5.41) is 10.3. The molecule has 112 valence electrons. The fourth-order valence-electron chi connectivity index (χ4n) is 2.41. The maximum Gasteiger partial charge on any atom is 0.146 e. The molecule has 21 heavy (non-hydrogen) atoms. The molecule has 2 aromatic carbocycles. The second-order valence-electron chi connectivity index (χ2n) is 5.28. The number of anilines is 1. The summed E-state index contributed by atoms with van der Waals surface area (Å²) in [6.45, 7) is 2.23. The molecular formula is C17H19F2NO. The fourth-order valence-corrected chi connectivity index (χ4v) is 2.41. The summed E-state index contributed by atoms with van der Waals surface area (Å²) in [5.41, 5.74) is 0.733. The number of hydrogen-bond donors (Lipinski definition) is 1. The fraction of sp³-hybridized carbons (Fsp3) is 0.294. The Kier molecular flexibility index (Phi) is 4.91. The monoisotopic (exact) mass is 291 g/mol. The summed E-state index contributed by atoms with van der Waals surface area (Å²) in [4.78, 5) is 1.73. The second-order valence-corrected chi connectivity index (χ2v) is 5.28. The van der Waals surface area contributed by atoms with Crippen LogP contribution in [0.15, 0.2) is 48.5 Å². The van der Waals surface area contributed by atoms with Crippen molar-refractivity contribution in [2.75, 3.05) is 18.5 Å². The van der Waals surface area contributed by atoms with Gasteiger partial charge in [-0.1, -0.05) is 37.3 Å². The molecule has 0 saturated carbocycles. The average molecular weight is 291 g/mol. The molecule has 0 aliphatic heterocycles. The van der Waals surface area contributed by atoms with Gasteiger partial charge in [0.15, 0.2) is 0 Å². The number of hydrogen-bond acceptors (Lipinski definition) is 2. The Labute approximate surface area is 123 Å². The minimum atomic E-state index is -0.930. The molecule has 0 spiro atoms. The van der Waals surface area contributed by atoms with Crippen molar-refractivity contribution in [3.63, 3.8) is 0 Å². The number of benzene rings is 2. The molecule has 0 saturated heterocycles. The van der Waals surface area contributed by atoms with Crippen LogP contribution in [0.5, 0.6) is 0 Å². The van der Waals surface area contributed by atoms with E-state index in [1.807, 2.05) is 6.92 Å². The number of para-hydroxylation sites is 1. The van der Waals surface area contributed by atoms with E-state index in [0.717, 1.165) is 0 Å². The molecule has 0 aromatic heterocycles. The third kappa shape index (κ3) is 3.58. The van der Waals surface area contributed by atoms with Crippen LogP contribution in [0, 0.1) is 17.6 Å². The summed E-state index contributed by atoms with van der Waals surface area (Å²) in [6.07, 6.45) is -0.930. The molecule has 1 N–H and O–H groups in total. The predicted octanol–water partition coefficient (Wildman–Crippen LogP) is 3.77. The van der Waals surface area contributed by atoms with Gasteiger partial charge in [0.1, 0.15) is 11.6 Å². The number of nitrogens with zero attached hydrogens (tertiary/aromatic N) is 1. The first-order valence-electron chi connectivity index (χ1n) is 6.89. The van der Waals surface area contributed by atoms with Gasteiger partial charge in [0.25, 0.3) is 0 Å². The van der Waals surface area contributed by atoms with Crippen molar-refractivity contribution in [2.45, 2.75) is 13.0 Å². The van der Waals surface area contributed by atoms with Crippen LogP contribution in [-0.4, -0.2) is 18.7 Å². The van der Waals surface area contributed by atoms with Gasteiger partial charge < -0.3 is 10.0 Å². The molecule has 2 rings (SSSR count). The molecular weight excluding hydrogens is 272 g/mol. The van der Waals surface area contributed by atoms with Gasteiger partial charge in [0, 0.05) is 25.1 Å². The molecule has 0 aliphatic carbocycles. The smallest absolute Gasteiger partial charge is 0.146 e. The van der Waals surface area contributed by atoms with Crippen molar-refractivity contribution >= 4 is 5.69 Å². The normalized spacial score (nSPS) is 13.8. The zero-order valence-electron chi connectivity index (χ0n) is 12.1. The van der Waals surface area contributed by atoms with Crippen LogP contribution < -0.4 is 4.90 Å². The van der Waals surface area contributed by atoms with Crippen LogP contribution in [-0.2, 0) is 0 Å². The molecule has 0 radical (unpaired) electrons. The lowest BCUT2D eigenvalue weighted by Crippen LogP contribution is -2.28. The van der Waals surface area contributed by atoms with E-state index >= 15 is 0 Å². The first-order chi connectivity index (χ1) is 10.0. The van der Waals surface area contributed by atoms with Gasteiger partial charge in [-0.15, -0.1) is 0 Å². The van der Waals surface area contributed by atoms with Crippen molar-refractivity contribution in [1.82, 2.24) is 0 Å². The van der Waals surface area contributed by atoms with Gasteiger partial charge in [-0.3, -0.25) is 0 Å². The largest absolute Gasteiger partial charge is 0.388 e.